The Bertz CT molecular complexity index is 880. The molecule has 1 atom stereocenters. The Morgan fingerprint density at radius 3 is 2.86 bits per heavy atom. The van der Waals surface area contributed by atoms with Crippen LogP contribution in [0.2, 0.25) is 5.28 Å². The molecular weight excluding hydrogens is 376 g/mol. The largest absolute Gasteiger partial charge is 0.377 e. The summed E-state index contributed by atoms with van der Waals surface area (Å²) in [5.74, 6) is 2.85. The van der Waals surface area contributed by atoms with Gasteiger partial charge >= 0.3 is 0 Å². The molecule has 1 unspecified atom stereocenters. The van der Waals surface area contributed by atoms with Crippen LogP contribution in [0.15, 0.2) is 6.07 Å². The Morgan fingerprint density at radius 1 is 1.25 bits per heavy atom. The summed E-state index contributed by atoms with van der Waals surface area (Å²) in [6.45, 7) is 9.21. The van der Waals surface area contributed by atoms with Crippen molar-refractivity contribution < 1.29 is 4.74 Å². The van der Waals surface area contributed by atoms with E-state index in [0.717, 1.165) is 50.7 Å². The molecule has 1 saturated carbocycles. The number of fused-ring (bicyclic) bond motifs is 1. The Kier molecular flexibility index (Phi) is 4.67. The van der Waals surface area contributed by atoms with Crippen LogP contribution >= 0.6 is 11.6 Å². The van der Waals surface area contributed by atoms with E-state index in [-0.39, 0.29) is 6.04 Å². The van der Waals surface area contributed by atoms with E-state index in [9.17, 15) is 0 Å². The van der Waals surface area contributed by atoms with Gasteiger partial charge in [-0.3, -0.25) is 0 Å². The summed E-state index contributed by atoms with van der Waals surface area (Å²) < 4.78 is 7.76. The predicted molar refractivity (Wildman–Crippen MR) is 109 cm³/mol. The standard InChI is InChI=1S/C20H27ClN6O/c1-3-27-18(10-17(24-27)14-4-5-14)25-7-6-16-15(11-25)19(23-20(21)22-16)26-8-9-28-12-13(26)2/h10,13-14H,3-9,11-12H2,1-2H3. The third-order valence-electron chi connectivity index (χ3n) is 6.05. The first-order chi connectivity index (χ1) is 13.6. The lowest BCUT2D eigenvalue weighted by Crippen LogP contribution is -2.45. The van der Waals surface area contributed by atoms with Crippen LogP contribution in [-0.4, -0.2) is 52.1 Å². The lowest BCUT2D eigenvalue weighted by atomic mass is 10.0. The number of hydrogen-bond donors (Lipinski definition) is 0. The molecule has 1 aliphatic carbocycles. The second-order valence-electron chi connectivity index (χ2n) is 8.05. The number of anilines is 2. The van der Waals surface area contributed by atoms with Gasteiger partial charge in [-0.25, -0.2) is 14.6 Å². The molecule has 0 aromatic carbocycles. The van der Waals surface area contributed by atoms with E-state index in [1.807, 2.05) is 0 Å². The van der Waals surface area contributed by atoms with Crippen molar-refractivity contribution in [2.75, 3.05) is 36.1 Å². The third-order valence-corrected chi connectivity index (χ3v) is 6.22. The van der Waals surface area contributed by atoms with Crippen LogP contribution in [0.25, 0.3) is 0 Å². The van der Waals surface area contributed by atoms with E-state index in [1.54, 1.807) is 0 Å². The van der Waals surface area contributed by atoms with Crippen LogP contribution in [0, 0.1) is 0 Å². The molecule has 2 aromatic rings. The van der Waals surface area contributed by atoms with E-state index in [2.05, 4.69) is 44.4 Å². The Labute approximate surface area is 170 Å². The van der Waals surface area contributed by atoms with Gasteiger partial charge in [0.15, 0.2) is 0 Å². The maximum Gasteiger partial charge on any atom is 0.224 e. The average Bonchev–Trinajstić information content (AvgIpc) is 3.46. The second-order valence-corrected chi connectivity index (χ2v) is 8.39. The van der Waals surface area contributed by atoms with Gasteiger partial charge in [0, 0.05) is 50.1 Å². The van der Waals surface area contributed by atoms with Crippen molar-refractivity contribution in [1.29, 1.82) is 0 Å². The normalized spacial score (nSPS) is 22.5. The molecular formula is C20H27ClN6O. The Hall–Kier alpha value is -1.86. The van der Waals surface area contributed by atoms with Crippen LogP contribution in [0.4, 0.5) is 11.6 Å². The number of halogens is 1. The quantitative estimate of drug-likeness (QED) is 0.732. The highest BCUT2D eigenvalue weighted by Gasteiger charge is 2.32. The van der Waals surface area contributed by atoms with Crippen LogP contribution in [-0.2, 0) is 24.2 Å². The fourth-order valence-corrected chi connectivity index (χ4v) is 4.52. The zero-order chi connectivity index (χ0) is 19.3. The molecule has 150 valence electrons. The fraction of sp³-hybridized carbons (Fsp3) is 0.650. The molecule has 8 heteroatoms. The molecule has 2 fully saturated rings. The van der Waals surface area contributed by atoms with Crippen molar-refractivity contribution in [3.8, 4) is 0 Å². The van der Waals surface area contributed by atoms with Crippen LogP contribution in [0.3, 0.4) is 0 Å². The number of morpholine rings is 1. The first-order valence-electron chi connectivity index (χ1n) is 10.4. The van der Waals surface area contributed by atoms with E-state index in [1.165, 1.54) is 29.9 Å². The number of ether oxygens (including phenoxy) is 1. The van der Waals surface area contributed by atoms with Gasteiger partial charge in [-0.05, 0) is 38.3 Å². The molecule has 0 amide bonds. The minimum atomic E-state index is 0.279. The molecule has 0 radical (unpaired) electrons. The molecule has 0 N–H and O–H groups in total. The first kappa shape index (κ1) is 18.2. The first-order valence-corrected chi connectivity index (χ1v) is 10.7. The molecule has 2 aromatic heterocycles. The smallest absolute Gasteiger partial charge is 0.224 e. The van der Waals surface area contributed by atoms with E-state index >= 15 is 0 Å². The lowest BCUT2D eigenvalue weighted by molar-refractivity contribution is 0.0984. The summed E-state index contributed by atoms with van der Waals surface area (Å²) in [5, 5.41) is 5.20. The van der Waals surface area contributed by atoms with Gasteiger partial charge in [0.05, 0.1) is 30.6 Å². The van der Waals surface area contributed by atoms with Gasteiger partial charge in [-0.2, -0.15) is 5.10 Å². The van der Waals surface area contributed by atoms with Gasteiger partial charge in [-0.1, -0.05) is 0 Å². The van der Waals surface area contributed by atoms with Crippen molar-refractivity contribution in [2.24, 2.45) is 0 Å². The zero-order valence-corrected chi connectivity index (χ0v) is 17.3. The number of aryl methyl sites for hydroxylation is 1. The van der Waals surface area contributed by atoms with Crippen molar-refractivity contribution in [1.82, 2.24) is 19.7 Å². The maximum absolute atomic E-state index is 6.29. The highest BCUT2D eigenvalue weighted by molar-refractivity contribution is 6.28. The summed E-state index contributed by atoms with van der Waals surface area (Å²) in [6, 6.07) is 2.57. The van der Waals surface area contributed by atoms with Crippen LogP contribution in [0.5, 0.6) is 0 Å². The molecule has 1 saturated heterocycles. The summed E-state index contributed by atoms with van der Waals surface area (Å²) in [6.07, 6.45) is 3.42. The highest BCUT2D eigenvalue weighted by Crippen LogP contribution is 2.41. The van der Waals surface area contributed by atoms with Gasteiger partial charge in [0.25, 0.3) is 0 Å². The van der Waals surface area contributed by atoms with E-state index < -0.39 is 0 Å². The summed E-state index contributed by atoms with van der Waals surface area (Å²) in [7, 11) is 0. The summed E-state index contributed by atoms with van der Waals surface area (Å²) >= 11 is 6.29. The van der Waals surface area contributed by atoms with E-state index in [4.69, 9.17) is 21.4 Å². The van der Waals surface area contributed by atoms with E-state index in [0.29, 0.717) is 17.8 Å². The monoisotopic (exact) mass is 402 g/mol. The Balaban J connectivity index is 1.49. The van der Waals surface area contributed by atoms with Gasteiger partial charge in [0.2, 0.25) is 5.28 Å². The molecule has 7 nitrogen and oxygen atoms in total. The molecule has 0 bridgehead atoms. The lowest BCUT2D eigenvalue weighted by Gasteiger charge is -2.38. The van der Waals surface area contributed by atoms with Crippen LogP contribution in [0.1, 0.15) is 49.6 Å². The zero-order valence-electron chi connectivity index (χ0n) is 16.6. The molecule has 5 rings (SSSR count). The van der Waals surface area contributed by atoms with Crippen molar-refractivity contribution in [3.63, 3.8) is 0 Å². The molecule has 4 heterocycles. The number of nitrogens with zero attached hydrogens (tertiary/aromatic N) is 6. The Morgan fingerprint density at radius 2 is 2.11 bits per heavy atom. The number of hydrogen-bond acceptors (Lipinski definition) is 6. The SMILES string of the molecule is CCn1nc(C2CC2)cc1N1CCc2nc(Cl)nc(N3CCOCC3C)c2C1. The second kappa shape index (κ2) is 7.19. The highest BCUT2D eigenvalue weighted by atomic mass is 35.5. The van der Waals surface area contributed by atoms with Gasteiger partial charge in [-0.15, -0.1) is 0 Å². The van der Waals surface area contributed by atoms with Crippen molar-refractivity contribution >= 4 is 23.2 Å². The van der Waals surface area contributed by atoms with Gasteiger partial charge < -0.3 is 14.5 Å². The average molecular weight is 403 g/mol. The molecule has 2 aliphatic heterocycles. The molecule has 28 heavy (non-hydrogen) atoms. The summed E-state index contributed by atoms with van der Waals surface area (Å²) in [4.78, 5) is 14.0. The maximum atomic E-state index is 6.29. The summed E-state index contributed by atoms with van der Waals surface area (Å²) in [5.41, 5.74) is 3.52. The third kappa shape index (κ3) is 3.24. The topological polar surface area (TPSA) is 59.3 Å². The number of rotatable bonds is 4. The fourth-order valence-electron chi connectivity index (χ4n) is 4.33. The minimum Gasteiger partial charge on any atom is -0.377 e. The molecule has 0 spiro atoms. The number of aromatic nitrogens is 4. The predicted octanol–water partition coefficient (Wildman–Crippen LogP) is 3.01. The van der Waals surface area contributed by atoms with Crippen molar-refractivity contribution in [3.05, 3.63) is 28.3 Å². The van der Waals surface area contributed by atoms with Crippen LogP contribution < -0.4 is 9.80 Å². The molecule has 3 aliphatic rings. The van der Waals surface area contributed by atoms with Crippen molar-refractivity contribution in [2.45, 2.75) is 58.2 Å². The minimum absolute atomic E-state index is 0.279. The van der Waals surface area contributed by atoms with Gasteiger partial charge in [0.1, 0.15) is 11.6 Å².